The van der Waals surface area contributed by atoms with Crippen LogP contribution in [0.4, 0.5) is 0 Å². The molecule has 0 fully saturated rings. The minimum absolute atomic E-state index is 0.306. The number of rotatable bonds is 3. The average molecular weight is 152 g/mol. The van der Waals surface area contributed by atoms with Gasteiger partial charge in [0.1, 0.15) is 5.75 Å². The van der Waals surface area contributed by atoms with E-state index in [2.05, 4.69) is 10.9 Å². The van der Waals surface area contributed by atoms with Crippen molar-refractivity contribution < 1.29 is 5.11 Å². The summed E-state index contributed by atoms with van der Waals surface area (Å²) >= 11 is 0. The van der Waals surface area contributed by atoms with Crippen molar-refractivity contribution >= 4 is 0 Å². The van der Waals surface area contributed by atoms with Gasteiger partial charge in [-0.2, -0.15) is 0 Å². The third kappa shape index (κ3) is 2.57. The molecule has 0 saturated heterocycles. The van der Waals surface area contributed by atoms with E-state index < -0.39 is 0 Å². The van der Waals surface area contributed by atoms with Crippen LogP contribution in [0.1, 0.15) is 5.56 Å². The summed E-state index contributed by atoms with van der Waals surface area (Å²) in [6, 6.07) is 7.15. The van der Waals surface area contributed by atoms with Gasteiger partial charge in [0, 0.05) is 6.54 Å². The Morgan fingerprint density at radius 1 is 1.45 bits per heavy atom. The Morgan fingerprint density at radius 2 is 2.27 bits per heavy atom. The van der Waals surface area contributed by atoms with Crippen molar-refractivity contribution in [3.63, 3.8) is 0 Å². The third-order valence-electron chi connectivity index (χ3n) is 1.38. The maximum Gasteiger partial charge on any atom is 0.115 e. The number of aromatic hydroxyl groups is 1. The minimum atomic E-state index is 0.306. The fourth-order valence-electron chi connectivity index (χ4n) is 0.857. The lowest BCUT2D eigenvalue weighted by atomic mass is 10.2. The lowest BCUT2D eigenvalue weighted by Gasteiger charge is -2.02. The van der Waals surface area contributed by atoms with Gasteiger partial charge < -0.3 is 5.11 Å². The summed E-state index contributed by atoms with van der Waals surface area (Å²) in [4.78, 5) is 0. The molecule has 0 bridgehead atoms. The summed E-state index contributed by atoms with van der Waals surface area (Å²) in [5, 5.41) is 9.06. The van der Waals surface area contributed by atoms with Crippen LogP contribution in [0.2, 0.25) is 0 Å². The monoisotopic (exact) mass is 152 g/mol. The molecule has 0 atom stereocenters. The molecule has 1 aromatic rings. The van der Waals surface area contributed by atoms with Crippen molar-refractivity contribution in [1.82, 2.24) is 10.9 Å². The number of phenolic OH excluding ortho intramolecular Hbond substituents is 1. The van der Waals surface area contributed by atoms with Crippen LogP contribution in [0.5, 0.6) is 5.75 Å². The van der Waals surface area contributed by atoms with Gasteiger partial charge in [0.05, 0.1) is 0 Å². The van der Waals surface area contributed by atoms with E-state index in [-0.39, 0.29) is 0 Å². The smallest absolute Gasteiger partial charge is 0.115 e. The fourth-order valence-corrected chi connectivity index (χ4v) is 0.857. The third-order valence-corrected chi connectivity index (χ3v) is 1.38. The van der Waals surface area contributed by atoms with Gasteiger partial charge in [-0.15, -0.1) is 0 Å². The number of phenols is 1. The molecule has 0 aliphatic heterocycles. The number of hydrazine groups is 1. The molecule has 0 spiro atoms. The Morgan fingerprint density at radius 3 is 2.91 bits per heavy atom. The molecule has 0 unspecified atom stereocenters. The zero-order valence-electron chi connectivity index (χ0n) is 6.46. The Labute approximate surface area is 66.0 Å². The molecule has 0 aliphatic rings. The van der Waals surface area contributed by atoms with Crippen LogP contribution in [0.15, 0.2) is 24.3 Å². The summed E-state index contributed by atoms with van der Waals surface area (Å²) in [6.07, 6.45) is 0. The molecule has 60 valence electrons. The molecule has 1 aromatic carbocycles. The van der Waals surface area contributed by atoms with Crippen molar-refractivity contribution in [3.8, 4) is 5.75 Å². The number of hydrogen-bond acceptors (Lipinski definition) is 3. The van der Waals surface area contributed by atoms with Crippen LogP contribution in [-0.4, -0.2) is 12.2 Å². The second-order valence-corrected chi connectivity index (χ2v) is 2.27. The van der Waals surface area contributed by atoms with Crippen LogP contribution in [0, 0.1) is 0 Å². The first kappa shape index (κ1) is 8.04. The molecule has 0 aromatic heterocycles. The largest absolute Gasteiger partial charge is 0.508 e. The first-order chi connectivity index (χ1) is 5.33. The van der Waals surface area contributed by atoms with Gasteiger partial charge in [0.15, 0.2) is 0 Å². The highest BCUT2D eigenvalue weighted by Crippen LogP contribution is 2.09. The highest BCUT2D eigenvalue weighted by atomic mass is 16.3. The van der Waals surface area contributed by atoms with Crippen molar-refractivity contribution in [2.75, 3.05) is 7.05 Å². The average Bonchev–Trinajstić information content (AvgIpc) is 2.01. The molecular weight excluding hydrogens is 140 g/mol. The highest BCUT2D eigenvalue weighted by molar-refractivity contribution is 5.26. The summed E-state index contributed by atoms with van der Waals surface area (Å²) in [5.41, 5.74) is 6.79. The van der Waals surface area contributed by atoms with E-state index in [0.717, 1.165) is 5.56 Å². The second kappa shape index (κ2) is 3.95. The van der Waals surface area contributed by atoms with Gasteiger partial charge in [0.25, 0.3) is 0 Å². The van der Waals surface area contributed by atoms with Crippen LogP contribution < -0.4 is 10.9 Å². The minimum Gasteiger partial charge on any atom is -0.508 e. The van der Waals surface area contributed by atoms with E-state index in [9.17, 15) is 0 Å². The molecule has 11 heavy (non-hydrogen) atoms. The first-order valence-electron chi connectivity index (χ1n) is 3.50. The van der Waals surface area contributed by atoms with Gasteiger partial charge in [-0.25, -0.2) is 0 Å². The van der Waals surface area contributed by atoms with Gasteiger partial charge in [-0.3, -0.25) is 10.9 Å². The Kier molecular flexibility index (Phi) is 2.89. The maximum absolute atomic E-state index is 9.06. The van der Waals surface area contributed by atoms with Gasteiger partial charge in [-0.05, 0) is 24.7 Å². The van der Waals surface area contributed by atoms with Crippen LogP contribution in [0.25, 0.3) is 0 Å². The zero-order chi connectivity index (χ0) is 8.10. The lowest BCUT2D eigenvalue weighted by Crippen LogP contribution is -2.26. The van der Waals surface area contributed by atoms with Crippen LogP contribution in [0.3, 0.4) is 0 Å². The van der Waals surface area contributed by atoms with Crippen molar-refractivity contribution in [1.29, 1.82) is 0 Å². The second-order valence-electron chi connectivity index (χ2n) is 2.27. The molecular formula is C8H12N2O. The molecule has 1 rings (SSSR count). The first-order valence-corrected chi connectivity index (χ1v) is 3.50. The molecule has 0 amide bonds. The van der Waals surface area contributed by atoms with E-state index in [0.29, 0.717) is 12.3 Å². The van der Waals surface area contributed by atoms with Crippen molar-refractivity contribution in [2.45, 2.75) is 6.54 Å². The van der Waals surface area contributed by atoms with Crippen molar-refractivity contribution in [3.05, 3.63) is 29.8 Å². The van der Waals surface area contributed by atoms with Gasteiger partial charge in [-0.1, -0.05) is 12.1 Å². The number of hydrogen-bond donors (Lipinski definition) is 3. The Bertz CT molecular complexity index is 225. The standard InChI is InChI=1S/C8H12N2O/c1-9-10-6-7-3-2-4-8(11)5-7/h2-5,9-11H,6H2,1H3. The molecule has 3 N–H and O–H groups in total. The summed E-state index contributed by atoms with van der Waals surface area (Å²) in [5.74, 6) is 0.306. The number of benzene rings is 1. The summed E-state index contributed by atoms with van der Waals surface area (Å²) in [7, 11) is 1.81. The molecule has 3 nitrogen and oxygen atoms in total. The van der Waals surface area contributed by atoms with Gasteiger partial charge >= 0.3 is 0 Å². The van der Waals surface area contributed by atoms with E-state index in [4.69, 9.17) is 5.11 Å². The predicted molar refractivity (Wildman–Crippen MR) is 44.0 cm³/mol. The van der Waals surface area contributed by atoms with Gasteiger partial charge in [0.2, 0.25) is 0 Å². The quantitative estimate of drug-likeness (QED) is 0.556. The Hall–Kier alpha value is -1.06. The van der Waals surface area contributed by atoms with E-state index in [1.54, 1.807) is 12.1 Å². The maximum atomic E-state index is 9.06. The normalized spacial score (nSPS) is 9.91. The zero-order valence-corrected chi connectivity index (χ0v) is 6.46. The lowest BCUT2D eigenvalue weighted by molar-refractivity contribution is 0.473. The van der Waals surface area contributed by atoms with E-state index in [1.165, 1.54) is 0 Å². The SMILES string of the molecule is CNNCc1cccc(O)c1. The molecule has 0 aliphatic carbocycles. The molecule has 0 saturated carbocycles. The molecule has 0 radical (unpaired) electrons. The van der Waals surface area contributed by atoms with E-state index in [1.807, 2.05) is 19.2 Å². The van der Waals surface area contributed by atoms with Crippen LogP contribution in [-0.2, 0) is 6.54 Å². The van der Waals surface area contributed by atoms with Crippen molar-refractivity contribution in [2.24, 2.45) is 0 Å². The Balaban J connectivity index is 2.56. The fraction of sp³-hybridized carbons (Fsp3) is 0.250. The molecule has 3 heteroatoms. The number of nitrogens with one attached hydrogen (secondary N) is 2. The van der Waals surface area contributed by atoms with E-state index >= 15 is 0 Å². The topological polar surface area (TPSA) is 44.3 Å². The predicted octanol–water partition coefficient (Wildman–Crippen LogP) is 0.616. The summed E-state index contributed by atoms with van der Waals surface area (Å²) in [6.45, 7) is 0.713. The molecule has 0 heterocycles. The summed E-state index contributed by atoms with van der Waals surface area (Å²) < 4.78 is 0. The highest BCUT2D eigenvalue weighted by Gasteiger charge is 1.91. The van der Waals surface area contributed by atoms with Crippen LogP contribution >= 0.6 is 0 Å².